The Hall–Kier alpha value is -3.82. The van der Waals surface area contributed by atoms with E-state index in [1.165, 1.54) is 17.1 Å². The van der Waals surface area contributed by atoms with Crippen LogP contribution in [0.25, 0.3) is 16.7 Å². The van der Waals surface area contributed by atoms with Gasteiger partial charge < -0.3 is 15.1 Å². The first-order valence-electron chi connectivity index (χ1n) is 11.2. The van der Waals surface area contributed by atoms with E-state index in [4.69, 9.17) is 0 Å². The van der Waals surface area contributed by atoms with E-state index in [1.54, 1.807) is 33.8 Å². The average Bonchev–Trinajstić information content (AvgIpc) is 3.31. The number of rotatable bonds is 5. The van der Waals surface area contributed by atoms with Crippen LogP contribution in [-0.4, -0.2) is 59.0 Å². The molecule has 2 aromatic heterocycles. The van der Waals surface area contributed by atoms with E-state index in [9.17, 15) is 19.8 Å². The van der Waals surface area contributed by atoms with Gasteiger partial charge in [0.05, 0.1) is 30.6 Å². The third-order valence-corrected chi connectivity index (χ3v) is 6.36. The van der Waals surface area contributed by atoms with E-state index >= 15 is 0 Å². The number of carbonyl (C=O) groups excluding carboxylic acids is 1. The number of aliphatic hydroxyl groups is 2. The maximum absolute atomic E-state index is 13.1. The number of amides is 1. The van der Waals surface area contributed by atoms with Gasteiger partial charge in [-0.05, 0) is 42.7 Å². The molecule has 2 aromatic carbocycles. The molecule has 0 atom stereocenters. The van der Waals surface area contributed by atoms with Crippen LogP contribution in [0.5, 0.6) is 0 Å². The Kier molecular flexibility index (Phi) is 5.72. The molecule has 9 heteroatoms. The van der Waals surface area contributed by atoms with Crippen LogP contribution in [0, 0.1) is 0 Å². The molecule has 0 aliphatic carbocycles. The number of aliphatic hydroxyl groups excluding tert-OH is 1. The molecule has 0 unspecified atom stereocenters. The first-order chi connectivity index (χ1) is 16.5. The summed E-state index contributed by atoms with van der Waals surface area (Å²) in [5, 5.41) is 25.2. The summed E-state index contributed by atoms with van der Waals surface area (Å²) >= 11 is 0. The first kappa shape index (κ1) is 22.0. The fourth-order valence-electron chi connectivity index (χ4n) is 4.41. The molecule has 0 radical (unpaired) electrons. The summed E-state index contributed by atoms with van der Waals surface area (Å²) in [5.74, 6) is -0.133. The molecule has 3 heterocycles. The molecule has 0 spiro atoms. The van der Waals surface area contributed by atoms with Gasteiger partial charge in [-0.1, -0.05) is 30.3 Å². The number of hydrogen-bond acceptors (Lipinski definition) is 6. The molecule has 2 N–H and O–H groups in total. The predicted molar refractivity (Wildman–Crippen MR) is 126 cm³/mol. The van der Waals surface area contributed by atoms with Crippen LogP contribution in [0.15, 0.2) is 71.9 Å². The first-order valence-corrected chi connectivity index (χ1v) is 11.2. The Bertz CT molecular complexity index is 1390. The van der Waals surface area contributed by atoms with Crippen molar-refractivity contribution in [3.05, 3.63) is 88.6 Å². The molecule has 0 saturated carbocycles. The second-order valence-electron chi connectivity index (χ2n) is 8.68. The summed E-state index contributed by atoms with van der Waals surface area (Å²) < 4.78 is 3.03. The second-order valence-corrected chi connectivity index (χ2v) is 8.68. The van der Waals surface area contributed by atoms with Gasteiger partial charge in [-0.2, -0.15) is 5.10 Å². The fourth-order valence-corrected chi connectivity index (χ4v) is 4.41. The SMILES string of the molecule is O=C(c1cccc(CO)c1)N1CCC(O)(Cn2cnc3c(cnn3-c3ccccc3)c2=O)CC1. The van der Waals surface area contributed by atoms with E-state index in [-0.39, 0.29) is 24.6 Å². The zero-order valence-electron chi connectivity index (χ0n) is 18.5. The number of piperidine rings is 1. The lowest BCUT2D eigenvalue weighted by Gasteiger charge is -2.38. The van der Waals surface area contributed by atoms with Gasteiger partial charge in [0.1, 0.15) is 11.7 Å². The molecule has 9 nitrogen and oxygen atoms in total. The van der Waals surface area contributed by atoms with Gasteiger partial charge >= 0.3 is 0 Å². The molecule has 174 valence electrons. The Morgan fingerprint density at radius 2 is 1.82 bits per heavy atom. The third-order valence-electron chi connectivity index (χ3n) is 6.36. The van der Waals surface area contributed by atoms with Gasteiger partial charge in [0.25, 0.3) is 11.5 Å². The number of fused-ring (bicyclic) bond motifs is 1. The molecule has 1 aliphatic heterocycles. The van der Waals surface area contributed by atoms with Crippen LogP contribution in [0.2, 0.25) is 0 Å². The zero-order valence-corrected chi connectivity index (χ0v) is 18.5. The summed E-state index contributed by atoms with van der Waals surface area (Å²) in [6, 6.07) is 16.4. The molecule has 34 heavy (non-hydrogen) atoms. The van der Waals surface area contributed by atoms with Crippen molar-refractivity contribution < 1.29 is 15.0 Å². The van der Waals surface area contributed by atoms with Crippen LogP contribution in [0.1, 0.15) is 28.8 Å². The Balaban J connectivity index is 1.31. The third kappa shape index (κ3) is 4.11. The largest absolute Gasteiger partial charge is 0.392 e. The molecule has 4 aromatic rings. The normalized spacial score (nSPS) is 15.5. The number of hydrogen-bond donors (Lipinski definition) is 2. The van der Waals surface area contributed by atoms with E-state index in [0.29, 0.717) is 48.1 Å². The lowest BCUT2D eigenvalue weighted by molar-refractivity contribution is -0.0299. The Morgan fingerprint density at radius 1 is 1.06 bits per heavy atom. The molecule has 1 amide bonds. The van der Waals surface area contributed by atoms with Gasteiger partial charge in [-0.15, -0.1) is 0 Å². The van der Waals surface area contributed by atoms with Gasteiger partial charge in [-0.25, -0.2) is 9.67 Å². The maximum atomic E-state index is 13.1. The van der Waals surface area contributed by atoms with Gasteiger partial charge in [0.15, 0.2) is 5.65 Å². The number of para-hydroxylation sites is 1. The van der Waals surface area contributed by atoms with E-state index in [2.05, 4.69) is 10.1 Å². The highest BCUT2D eigenvalue weighted by molar-refractivity contribution is 5.94. The van der Waals surface area contributed by atoms with E-state index < -0.39 is 5.60 Å². The minimum Gasteiger partial charge on any atom is -0.392 e. The van der Waals surface area contributed by atoms with Crippen molar-refractivity contribution >= 4 is 16.9 Å². The monoisotopic (exact) mass is 459 g/mol. The standard InChI is InChI=1S/C25H25N5O4/c31-15-18-5-4-6-19(13-18)23(32)28-11-9-25(34,10-12-28)16-29-17-26-22-21(24(29)33)14-27-30(22)20-7-2-1-3-8-20/h1-8,13-14,17,31,34H,9-12,15-16H2. The summed E-state index contributed by atoms with van der Waals surface area (Å²) in [6.45, 7) is 0.704. The summed E-state index contributed by atoms with van der Waals surface area (Å²) in [7, 11) is 0. The molecular formula is C25H25N5O4. The van der Waals surface area contributed by atoms with Crippen molar-refractivity contribution in [2.24, 2.45) is 0 Å². The molecular weight excluding hydrogens is 434 g/mol. The number of carbonyl (C=O) groups is 1. The molecule has 5 rings (SSSR count). The molecule has 0 bridgehead atoms. The fraction of sp³-hybridized carbons (Fsp3) is 0.280. The molecule has 1 fully saturated rings. The van der Waals surface area contributed by atoms with Crippen LogP contribution in [0.3, 0.4) is 0 Å². The average molecular weight is 460 g/mol. The summed E-state index contributed by atoms with van der Waals surface area (Å²) in [5.41, 5.74) is 1.07. The predicted octanol–water partition coefficient (Wildman–Crippen LogP) is 1.74. The van der Waals surface area contributed by atoms with Crippen molar-refractivity contribution in [1.82, 2.24) is 24.2 Å². The second kappa shape index (κ2) is 8.85. The smallest absolute Gasteiger partial charge is 0.264 e. The minimum absolute atomic E-state index is 0.0906. The number of aromatic nitrogens is 4. The quantitative estimate of drug-likeness (QED) is 0.470. The Morgan fingerprint density at radius 3 is 2.56 bits per heavy atom. The van der Waals surface area contributed by atoms with Crippen LogP contribution < -0.4 is 5.56 Å². The lowest BCUT2D eigenvalue weighted by atomic mass is 9.90. The number of nitrogens with zero attached hydrogens (tertiary/aromatic N) is 5. The van der Waals surface area contributed by atoms with Crippen LogP contribution in [0.4, 0.5) is 0 Å². The Labute approximate surface area is 195 Å². The minimum atomic E-state index is -1.13. The highest BCUT2D eigenvalue weighted by atomic mass is 16.3. The highest BCUT2D eigenvalue weighted by Gasteiger charge is 2.35. The van der Waals surface area contributed by atoms with Crippen molar-refractivity contribution in [3.63, 3.8) is 0 Å². The highest BCUT2D eigenvalue weighted by Crippen LogP contribution is 2.25. The summed E-state index contributed by atoms with van der Waals surface area (Å²) in [4.78, 5) is 32.1. The van der Waals surface area contributed by atoms with Gasteiger partial charge in [-0.3, -0.25) is 14.2 Å². The van der Waals surface area contributed by atoms with Crippen molar-refractivity contribution in [3.8, 4) is 5.69 Å². The van der Waals surface area contributed by atoms with Gasteiger partial charge in [0.2, 0.25) is 0 Å². The van der Waals surface area contributed by atoms with E-state index in [1.807, 2.05) is 30.3 Å². The number of benzene rings is 2. The lowest BCUT2D eigenvalue weighted by Crippen LogP contribution is -2.49. The van der Waals surface area contributed by atoms with Crippen molar-refractivity contribution in [2.75, 3.05) is 13.1 Å². The zero-order chi connectivity index (χ0) is 23.7. The maximum Gasteiger partial charge on any atom is 0.264 e. The van der Waals surface area contributed by atoms with Gasteiger partial charge in [0, 0.05) is 18.7 Å². The van der Waals surface area contributed by atoms with Crippen LogP contribution >= 0.6 is 0 Å². The van der Waals surface area contributed by atoms with Crippen molar-refractivity contribution in [1.29, 1.82) is 0 Å². The van der Waals surface area contributed by atoms with Crippen LogP contribution in [-0.2, 0) is 13.2 Å². The number of likely N-dealkylation sites (tertiary alicyclic amines) is 1. The topological polar surface area (TPSA) is 113 Å². The van der Waals surface area contributed by atoms with Crippen molar-refractivity contribution in [2.45, 2.75) is 31.6 Å². The summed E-state index contributed by atoms with van der Waals surface area (Å²) in [6.07, 6.45) is 3.63. The molecule has 1 saturated heterocycles. The molecule has 1 aliphatic rings. The van der Waals surface area contributed by atoms with E-state index in [0.717, 1.165) is 5.69 Å².